The first-order chi connectivity index (χ1) is 9.30. The third kappa shape index (κ3) is 4.02. The summed E-state index contributed by atoms with van der Waals surface area (Å²) >= 11 is 0. The first-order valence-electron chi connectivity index (χ1n) is 7.49. The van der Waals surface area contributed by atoms with E-state index < -0.39 is 11.6 Å². The fourth-order valence-corrected chi connectivity index (χ4v) is 3.08. The van der Waals surface area contributed by atoms with E-state index in [1.54, 1.807) is 6.07 Å². The molecular formula is C17H25F2N. The van der Waals surface area contributed by atoms with Gasteiger partial charge >= 0.3 is 0 Å². The highest BCUT2D eigenvalue weighted by molar-refractivity contribution is 5.20. The molecule has 1 fully saturated rings. The van der Waals surface area contributed by atoms with Crippen molar-refractivity contribution in [2.45, 2.75) is 58.4 Å². The van der Waals surface area contributed by atoms with E-state index in [-0.39, 0.29) is 11.0 Å². The number of rotatable bonds is 4. The highest BCUT2D eigenvalue weighted by atomic mass is 19.2. The molecule has 0 atom stereocenters. The van der Waals surface area contributed by atoms with Gasteiger partial charge in [-0.1, -0.05) is 18.9 Å². The van der Waals surface area contributed by atoms with Gasteiger partial charge < -0.3 is 5.32 Å². The van der Waals surface area contributed by atoms with Crippen LogP contribution in [0.25, 0.3) is 0 Å². The van der Waals surface area contributed by atoms with Gasteiger partial charge in [0.05, 0.1) is 0 Å². The molecule has 0 unspecified atom stereocenters. The van der Waals surface area contributed by atoms with Crippen LogP contribution >= 0.6 is 0 Å². The van der Waals surface area contributed by atoms with Gasteiger partial charge in [-0.05, 0) is 63.1 Å². The Kier molecular flexibility index (Phi) is 4.48. The molecule has 0 aromatic heterocycles. The fraction of sp³-hybridized carbons (Fsp3) is 0.647. The van der Waals surface area contributed by atoms with E-state index in [9.17, 15) is 8.78 Å². The summed E-state index contributed by atoms with van der Waals surface area (Å²) in [5.74, 6) is -1.50. The Morgan fingerprint density at radius 3 is 2.30 bits per heavy atom. The molecule has 20 heavy (non-hydrogen) atoms. The summed E-state index contributed by atoms with van der Waals surface area (Å²) in [6.07, 6.45) is 5.61. The molecule has 0 saturated heterocycles. The largest absolute Gasteiger partial charge is 0.312 e. The zero-order valence-corrected chi connectivity index (χ0v) is 12.7. The van der Waals surface area contributed by atoms with Gasteiger partial charge in [-0.3, -0.25) is 0 Å². The summed E-state index contributed by atoms with van der Waals surface area (Å²) in [7, 11) is 0. The summed E-state index contributed by atoms with van der Waals surface area (Å²) in [5, 5.41) is 3.58. The van der Waals surface area contributed by atoms with Gasteiger partial charge in [0.1, 0.15) is 0 Å². The summed E-state index contributed by atoms with van der Waals surface area (Å²) in [6, 6.07) is 4.31. The normalized spacial score (nSPS) is 18.4. The Morgan fingerprint density at radius 2 is 1.75 bits per heavy atom. The van der Waals surface area contributed by atoms with E-state index in [4.69, 9.17) is 0 Å². The fourth-order valence-electron chi connectivity index (χ4n) is 3.08. The van der Waals surface area contributed by atoms with Crippen molar-refractivity contribution in [3.8, 4) is 0 Å². The molecule has 112 valence electrons. The van der Waals surface area contributed by atoms with E-state index in [1.807, 2.05) is 0 Å². The van der Waals surface area contributed by atoms with Gasteiger partial charge in [0.25, 0.3) is 0 Å². The molecule has 0 radical (unpaired) electrons. The summed E-state index contributed by atoms with van der Waals surface area (Å²) in [4.78, 5) is 0. The van der Waals surface area contributed by atoms with Crippen molar-refractivity contribution in [3.05, 3.63) is 35.4 Å². The van der Waals surface area contributed by atoms with Gasteiger partial charge in [0, 0.05) is 12.1 Å². The second-order valence-electron chi connectivity index (χ2n) is 7.24. The minimum Gasteiger partial charge on any atom is -0.312 e. The zero-order valence-electron chi connectivity index (χ0n) is 12.7. The highest BCUT2D eigenvalue weighted by Gasteiger charge is 2.34. The smallest absolute Gasteiger partial charge is 0.159 e. The maximum absolute atomic E-state index is 13.4. The van der Waals surface area contributed by atoms with Crippen molar-refractivity contribution in [3.63, 3.8) is 0 Å². The minimum absolute atomic E-state index is 0.0869. The Morgan fingerprint density at radius 1 is 1.10 bits per heavy atom. The molecule has 0 heterocycles. The summed E-state index contributed by atoms with van der Waals surface area (Å²) < 4.78 is 26.4. The van der Waals surface area contributed by atoms with Crippen molar-refractivity contribution >= 4 is 0 Å². The van der Waals surface area contributed by atoms with Crippen LogP contribution in [0.15, 0.2) is 18.2 Å². The number of halogens is 2. The van der Waals surface area contributed by atoms with Crippen LogP contribution < -0.4 is 5.32 Å². The van der Waals surface area contributed by atoms with E-state index in [0.29, 0.717) is 0 Å². The van der Waals surface area contributed by atoms with E-state index >= 15 is 0 Å². The lowest BCUT2D eigenvalue weighted by Gasteiger charge is -2.33. The van der Waals surface area contributed by atoms with Crippen LogP contribution in [0.3, 0.4) is 0 Å². The van der Waals surface area contributed by atoms with Gasteiger partial charge in [-0.15, -0.1) is 0 Å². The number of benzene rings is 1. The lowest BCUT2D eigenvalue weighted by Crippen LogP contribution is -2.43. The molecule has 3 heteroatoms. The average Bonchev–Trinajstić information content (AvgIpc) is 2.80. The van der Waals surface area contributed by atoms with Crippen LogP contribution in [0.4, 0.5) is 8.78 Å². The Labute approximate surface area is 120 Å². The molecule has 1 aromatic carbocycles. The van der Waals surface area contributed by atoms with Crippen molar-refractivity contribution in [2.24, 2.45) is 5.41 Å². The van der Waals surface area contributed by atoms with E-state index in [2.05, 4.69) is 26.1 Å². The highest BCUT2D eigenvalue weighted by Crippen LogP contribution is 2.41. The minimum atomic E-state index is -0.762. The van der Waals surface area contributed by atoms with Gasteiger partial charge in [0.15, 0.2) is 11.6 Å². The van der Waals surface area contributed by atoms with Crippen LogP contribution in [-0.4, -0.2) is 12.1 Å². The van der Waals surface area contributed by atoms with Crippen molar-refractivity contribution in [2.75, 3.05) is 6.54 Å². The van der Waals surface area contributed by atoms with Gasteiger partial charge in [-0.2, -0.15) is 0 Å². The maximum atomic E-state index is 13.4. The van der Waals surface area contributed by atoms with Crippen LogP contribution in [-0.2, 0) is 6.42 Å². The van der Waals surface area contributed by atoms with Crippen LogP contribution in [0.1, 0.15) is 52.0 Å². The number of hydrogen-bond donors (Lipinski definition) is 1. The number of hydrogen-bond acceptors (Lipinski definition) is 1. The predicted octanol–water partition coefficient (Wildman–Crippen LogP) is 4.46. The third-order valence-corrected chi connectivity index (χ3v) is 4.22. The lowest BCUT2D eigenvalue weighted by molar-refractivity contribution is 0.244. The first-order valence-corrected chi connectivity index (χ1v) is 7.49. The number of nitrogens with one attached hydrogen (secondary N) is 1. The second kappa shape index (κ2) is 5.80. The Balaban J connectivity index is 2.10. The SMILES string of the molecule is CC(C)(C)NCC1(Cc2ccc(F)c(F)c2)CCCC1. The Hall–Kier alpha value is -0.960. The molecule has 1 aliphatic carbocycles. The quantitative estimate of drug-likeness (QED) is 0.859. The molecule has 0 aliphatic heterocycles. The maximum Gasteiger partial charge on any atom is 0.159 e. The third-order valence-electron chi connectivity index (χ3n) is 4.22. The molecule has 0 amide bonds. The van der Waals surface area contributed by atoms with Crippen molar-refractivity contribution < 1.29 is 8.78 Å². The van der Waals surface area contributed by atoms with Crippen LogP contribution in [0.5, 0.6) is 0 Å². The summed E-state index contributed by atoms with van der Waals surface area (Å²) in [5.41, 5.74) is 1.18. The molecule has 1 nitrogen and oxygen atoms in total. The standard InChI is InChI=1S/C17H25F2N/c1-16(2,3)20-12-17(8-4-5-9-17)11-13-6-7-14(18)15(19)10-13/h6-7,10,20H,4-5,8-9,11-12H2,1-3H3. The molecular weight excluding hydrogens is 256 g/mol. The predicted molar refractivity (Wildman–Crippen MR) is 78.7 cm³/mol. The molecule has 1 aliphatic rings. The zero-order chi connectivity index (χ0) is 14.8. The van der Waals surface area contributed by atoms with Crippen molar-refractivity contribution in [1.82, 2.24) is 5.32 Å². The molecule has 1 N–H and O–H groups in total. The molecule has 0 spiro atoms. The van der Waals surface area contributed by atoms with Crippen molar-refractivity contribution in [1.29, 1.82) is 0 Å². The lowest BCUT2D eigenvalue weighted by atomic mass is 9.79. The first kappa shape index (κ1) is 15.4. The molecule has 1 saturated carbocycles. The van der Waals surface area contributed by atoms with Crippen LogP contribution in [0, 0.1) is 17.0 Å². The van der Waals surface area contributed by atoms with Gasteiger partial charge in [0.2, 0.25) is 0 Å². The molecule has 0 bridgehead atoms. The average molecular weight is 281 g/mol. The van der Waals surface area contributed by atoms with E-state index in [1.165, 1.54) is 25.0 Å². The topological polar surface area (TPSA) is 12.0 Å². The Bertz CT molecular complexity index is 457. The second-order valence-corrected chi connectivity index (χ2v) is 7.24. The molecule has 1 aromatic rings. The summed E-state index contributed by atoms with van der Waals surface area (Å²) in [6.45, 7) is 7.42. The molecule has 2 rings (SSSR count). The van der Waals surface area contributed by atoms with Gasteiger partial charge in [-0.25, -0.2) is 8.78 Å². The monoisotopic (exact) mass is 281 g/mol. The van der Waals surface area contributed by atoms with E-state index in [0.717, 1.165) is 31.4 Å². The van der Waals surface area contributed by atoms with Crippen LogP contribution in [0.2, 0.25) is 0 Å².